The highest BCUT2D eigenvalue weighted by Gasteiger charge is 2.46. The molecule has 0 unspecified atom stereocenters. The average molecular weight is 629 g/mol. The molecule has 0 bridgehead atoms. The summed E-state index contributed by atoms with van der Waals surface area (Å²) in [5, 5.41) is 1.15. The van der Waals surface area contributed by atoms with Crippen molar-refractivity contribution >= 4 is 34.2 Å². The van der Waals surface area contributed by atoms with Crippen LogP contribution in [0.15, 0.2) is 69.6 Å². The van der Waals surface area contributed by atoms with Crippen molar-refractivity contribution in [1.82, 2.24) is 4.57 Å². The van der Waals surface area contributed by atoms with Gasteiger partial charge in [0.05, 0.1) is 45.2 Å². The van der Waals surface area contributed by atoms with E-state index in [1.54, 1.807) is 48.5 Å². The zero-order chi connectivity index (χ0) is 31.8. The van der Waals surface area contributed by atoms with Crippen molar-refractivity contribution < 1.29 is 41.7 Å². The van der Waals surface area contributed by atoms with Crippen LogP contribution in [0.5, 0.6) is 23.0 Å². The Bertz CT molecular complexity index is 1950. The van der Waals surface area contributed by atoms with Crippen LogP contribution in [0.25, 0.3) is 16.8 Å². The molecule has 13 heteroatoms. The predicted octanol–water partition coefficient (Wildman–Crippen LogP) is 4.53. The summed E-state index contributed by atoms with van der Waals surface area (Å²) in [6, 6.07) is 11.9. The number of allylic oxidation sites excluding steroid dienone is 1. The summed E-state index contributed by atoms with van der Waals surface area (Å²) in [4.78, 5) is 31.1. The molecule has 2 heterocycles. The smallest absolute Gasteiger partial charge is 0.434 e. The van der Waals surface area contributed by atoms with E-state index in [0.717, 1.165) is 15.9 Å². The standard InChI is InChI=1S/C31H27F3N2O7S/c1-6-43-29(38)24-25(23-18-10-8-7-9-17(18)11-12-19(23)39-2)36-28(37)22(44-30(36)35-27(24)31(32,33)34)15-16-13-20(40-3)26(42-5)21(14-16)41-4/h7-15,25H,6H2,1-5H3/b22-15-/t25-/m1/s1. The maximum Gasteiger partial charge on any atom is 0.434 e. The number of esters is 1. The first kappa shape index (κ1) is 30.7. The van der Waals surface area contributed by atoms with Gasteiger partial charge in [-0.15, -0.1) is 0 Å². The number of aromatic nitrogens is 1. The quantitative estimate of drug-likeness (QED) is 0.265. The number of carbonyl (C=O) groups excluding carboxylic acids is 1. The van der Waals surface area contributed by atoms with Crippen LogP contribution in [0.4, 0.5) is 13.2 Å². The fraction of sp³-hybridized carbons (Fsp3) is 0.258. The van der Waals surface area contributed by atoms with Crippen LogP contribution < -0.4 is 33.8 Å². The van der Waals surface area contributed by atoms with Crippen LogP contribution in [0.2, 0.25) is 0 Å². The number of halogens is 3. The highest BCUT2D eigenvalue weighted by atomic mass is 32.1. The second kappa shape index (κ2) is 12.1. The predicted molar refractivity (Wildman–Crippen MR) is 157 cm³/mol. The number of thiazole rings is 1. The summed E-state index contributed by atoms with van der Waals surface area (Å²) < 4.78 is 71.9. The molecule has 230 valence electrons. The maximum atomic E-state index is 14.6. The number of hydrogen-bond donors (Lipinski definition) is 0. The lowest BCUT2D eigenvalue weighted by Crippen LogP contribution is -2.41. The van der Waals surface area contributed by atoms with Gasteiger partial charge in [0, 0.05) is 5.56 Å². The summed E-state index contributed by atoms with van der Waals surface area (Å²) in [6.07, 6.45) is -3.57. The van der Waals surface area contributed by atoms with Gasteiger partial charge in [-0.3, -0.25) is 9.36 Å². The molecule has 0 fully saturated rings. The number of rotatable bonds is 8. The molecule has 0 N–H and O–H groups in total. The molecule has 0 radical (unpaired) electrons. The van der Waals surface area contributed by atoms with E-state index in [-0.39, 0.29) is 27.3 Å². The van der Waals surface area contributed by atoms with Gasteiger partial charge in [0.2, 0.25) is 5.75 Å². The molecule has 3 aromatic carbocycles. The summed E-state index contributed by atoms with van der Waals surface area (Å²) >= 11 is 0.746. The van der Waals surface area contributed by atoms with Gasteiger partial charge in [-0.05, 0) is 47.5 Å². The Morgan fingerprint density at radius 1 is 0.977 bits per heavy atom. The molecule has 0 amide bonds. The number of fused-ring (bicyclic) bond motifs is 2. The molecule has 0 aliphatic carbocycles. The van der Waals surface area contributed by atoms with Gasteiger partial charge in [0.1, 0.15) is 11.8 Å². The SMILES string of the molecule is CCOC(=O)C1=C(C(F)(F)F)N=c2s/c(=C\c3cc(OC)c(OC)c(OC)c3)c(=O)n2[C@@H]1c1c(OC)ccc2ccccc12. The minimum absolute atomic E-state index is 0.0499. The second-order valence-electron chi connectivity index (χ2n) is 9.42. The molecule has 9 nitrogen and oxygen atoms in total. The number of ether oxygens (including phenoxy) is 5. The maximum absolute atomic E-state index is 14.6. The Morgan fingerprint density at radius 3 is 2.23 bits per heavy atom. The first-order chi connectivity index (χ1) is 21.1. The summed E-state index contributed by atoms with van der Waals surface area (Å²) in [7, 11) is 5.67. The molecule has 0 saturated carbocycles. The highest BCUT2D eigenvalue weighted by Crippen LogP contribution is 2.44. The van der Waals surface area contributed by atoms with Crippen LogP contribution in [0.1, 0.15) is 24.1 Å². The van der Waals surface area contributed by atoms with Crippen LogP contribution in [0.3, 0.4) is 0 Å². The molecule has 1 atom stereocenters. The Morgan fingerprint density at radius 2 is 1.64 bits per heavy atom. The summed E-state index contributed by atoms with van der Waals surface area (Å²) in [5.41, 5.74) is -2.31. The van der Waals surface area contributed by atoms with Crippen molar-refractivity contribution in [2.75, 3.05) is 35.0 Å². The fourth-order valence-electron chi connectivity index (χ4n) is 5.19. The third kappa shape index (κ3) is 5.27. The average Bonchev–Trinajstić information content (AvgIpc) is 3.32. The Labute approximate surface area is 253 Å². The normalized spacial score (nSPS) is 15.1. The van der Waals surface area contributed by atoms with Crippen molar-refractivity contribution in [3.8, 4) is 23.0 Å². The lowest BCUT2D eigenvalue weighted by atomic mass is 9.90. The van der Waals surface area contributed by atoms with E-state index in [9.17, 15) is 22.8 Å². The van der Waals surface area contributed by atoms with Gasteiger partial charge < -0.3 is 23.7 Å². The second-order valence-corrected chi connectivity index (χ2v) is 10.4. The summed E-state index contributed by atoms with van der Waals surface area (Å²) in [6.45, 7) is 1.28. The van der Waals surface area contributed by atoms with E-state index < -0.39 is 35.0 Å². The highest BCUT2D eigenvalue weighted by molar-refractivity contribution is 7.07. The Balaban J connectivity index is 1.90. The number of alkyl halides is 3. The lowest BCUT2D eigenvalue weighted by Gasteiger charge is -2.28. The zero-order valence-electron chi connectivity index (χ0n) is 24.3. The Kier molecular flexibility index (Phi) is 8.42. The van der Waals surface area contributed by atoms with Gasteiger partial charge in [-0.25, -0.2) is 9.79 Å². The third-order valence-corrected chi connectivity index (χ3v) is 7.99. The molecule has 0 saturated heterocycles. The number of methoxy groups -OCH3 is 4. The van der Waals surface area contributed by atoms with Gasteiger partial charge in [-0.2, -0.15) is 13.2 Å². The van der Waals surface area contributed by atoms with E-state index in [1.165, 1.54) is 41.4 Å². The van der Waals surface area contributed by atoms with E-state index in [1.807, 2.05) is 0 Å². The Hall–Kier alpha value is -4.78. The molecule has 5 rings (SSSR count). The lowest BCUT2D eigenvalue weighted by molar-refractivity contribution is -0.140. The fourth-order valence-corrected chi connectivity index (χ4v) is 6.19. The minimum Gasteiger partial charge on any atom is -0.496 e. The summed E-state index contributed by atoms with van der Waals surface area (Å²) in [5.74, 6) is -0.118. The molecular formula is C31H27F3N2O7S. The number of carbonyl (C=O) groups is 1. The topological polar surface area (TPSA) is 97.6 Å². The molecule has 0 spiro atoms. The number of hydrogen-bond acceptors (Lipinski definition) is 9. The third-order valence-electron chi connectivity index (χ3n) is 7.00. The molecule has 1 aliphatic rings. The van der Waals surface area contributed by atoms with Crippen LogP contribution in [-0.4, -0.2) is 51.8 Å². The number of benzene rings is 3. The van der Waals surface area contributed by atoms with Crippen molar-refractivity contribution in [1.29, 1.82) is 0 Å². The van der Waals surface area contributed by atoms with E-state index in [0.29, 0.717) is 33.6 Å². The largest absolute Gasteiger partial charge is 0.496 e. The minimum atomic E-state index is -5.05. The van der Waals surface area contributed by atoms with Crippen LogP contribution in [-0.2, 0) is 9.53 Å². The van der Waals surface area contributed by atoms with Crippen LogP contribution >= 0.6 is 11.3 Å². The van der Waals surface area contributed by atoms with E-state index in [4.69, 9.17) is 23.7 Å². The first-order valence-corrected chi connectivity index (χ1v) is 14.0. The van der Waals surface area contributed by atoms with Gasteiger partial charge in [-0.1, -0.05) is 41.7 Å². The monoisotopic (exact) mass is 628 g/mol. The van der Waals surface area contributed by atoms with Crippen LogP contribution in [0, 0.1) is 0 Å². The van der Waals surface area contributed by atoms with E-state index >= 15 is 0 Å². The van der Waals surface area contributed by atoms with Gasteiger partial charge in [0.15, 0.2) is 22.0 Å². The van der Waals surface area contributed by atoms with Crippen molar-refractivity contribution in [3.05, 3.63) is 90.6 Å². The molecule has 4 aromatic rings. The molecule has 1 aliphatic heterocycles. The molecule has 44 heavy (non-hydrogen) atoms. The first-order valence-electron chi connectivity index (χ1n) is 13.2. The molecular weight excluding hydrogens is 601 g/mol. The van der Waals surface area contributed by atoms with Crippen molar-refractivity contribution in [2.45, 2.75) is 19.1 Å². The van der Waals surface area contributed by atoms with Crippen molar-refractivity contribution in [3.63, 3.8) is 0 Å². The van der Waals surface area contributed by atoms with Crippen molar-refractivity contribution in [2.24, 2.45) is 4.99 Å². The van der Waals surface area contributed by atoms with Gasteiger partial charge in [0.25, 0.3) is 5.56 Å². The van der Waals surface area contributed by atoms with E-state index in [2.05, 4.69) is 4.99 Å². The number of nitrogens with zero attached hydrogens (tertiary/aromatic N) is 2. The zero-order valence-corrected chi connectivity index (χ0v) is 25.1. The molecule has 1 aromatic heterocycles. The van der Waals surface area contributed by atoms with Gasteiger partial charge >= 0.3 is 12.1 Å².